The number of ether oxygens (including phenoxy) is 1. The SMILES string of the molecule is Cc1cc(C(Br)c2ccc3c(c2)COC3)c(C)cc1Br. The Bertz CT molecular complexity index is 664. The first-order valence-electron chi connectivity index (χ1n) is 6.66. The minimum Gasteiger partial charge on any atom is -0.372 e. The normalized spacial score (nSPS) is 15.2. The van der Waals surface area contributed by atoms with E-state index in [9.17, 15) is 0 Å². The zero-order valence-electron chi connectivity index (χ0n) is 11.5. The molecule has 2 aromatic carbocycles. The second kappa shape index (κ2) is 5.63. The standard InChI is InChI=1S/C17H16Br2O/c1-10-6-16(18)11(2)5-15(10)17(19)12-3-4-13-8-20-9-14(13)7-12/h3-7,17H,8-9H2,1-2H3. The van der Waals surface area contributed by atoms with Gasteiger partial charge in [-0.3, -0.25) is 0 Å². The van der Waals surface area contributed by atoms with Crippen molar-refractivity contribution in [1.82, 2.24) is 0 Å². The van der Waals surface area contributed by atoms with Gasteiger partial charge in [0.1, 0.15) is 0 Å². The minimum atomic E-state index is 0.222. The highest BCUT2D eigenvalue weighted by molar-refractivity contribution is 9.10. The first-order chi connectivity index (χ1) is 9.56. The van der Waals surface area contributed by atoms with Gasteiger partial charge in [0.15, 0.2) is 0 Å². The summed E-state index contributed by atoms with van der Waals surface area (Å²) in [5.74, 6) is 0. The smallest absolute Gasteiger partial charge is 0.0725 e. The van der Waals surface area contributed by atoms with Crippen molar-refractivity contribution in [3.63, 3.8) is 0 Å². The van der Waals surface area contributed by atoms with Crippen LogP contribution in [0.15, 0.2) is 34.8 Å². The highest BCUT2D eigenvalue weighted by Crippen LogP contribution is 2.36. The van der Waals surface area contributed by atoms with Gasteiger partial charge in [-0.15, -0.1) is 0 Å². The van der Waals surface area contributed by atoms with Crippen LogP contribution in [-0.4, -0.2) is 0 Å². The number of hydrogen-bond donors (Lipinski definition) is 0. The number of alkyl halides is 1. The summed E-state index contributed by atoms with van der Waals surface area (Å²) in [5.41, 5.74) is 7.81. The Morgan fingerprint density at radius 3 is 2.55 bits per heavy atom. The van der Waals surface area contributed by atoms with E-state index in [1.165, 1.54) is 37.9 Å². The summed E-state index contributed by atoms with van der Waals surface area (Å²) in [7, 11) is 0. The van der Waals surface area contributed by atoms with Crippen molar-refractivity contribution in [2.45, 2.75) is 31.9 Å². The summed E-state index contributed by atoms with van der Waals surface area (Å²) in [6, 6.07) is 11.1. The topological polar surface area (TPSA) is 9.23 Å². The van der Waals surface area contributed by atoms with Crippen molar-refractivity contribution < 1.29 is 4.74 Å². The highest BCUT2D eigenvalue weighted by atomic mass is 79.9. The first-order valence-corrected chi connectivity index (χ1v) is 8.37. The van der Waals surface area contributed by atoms with Crippen LogP contribution in [0, 0.1) is 13.8 Å². The molecule has 3 heteroatoms. The van der Waals surface area contributed by atoms with Crippen LogP contribution in [0.2, 0.25) is 0 Å². The minimum absolute atomic E-state index is 0.222. The number of fused-ring (bicyclic) bond motifs is 1. The fourth-order valence-corrected chi connectivity index (χ4v) is 3.84. The van der Waals surface area contributed by atoms with Gasteiger partial charge in [-0.2, -0.15) is 0 Å². The Morgan fingerprint density at radius 1 is 1.00 bits per heavy atom. The van der Waals surface area contributed by atoms with Crippen molar-refractivity contribution in [3.8, 4) is 0 Å². The summed E-state index contributed by atoms with van der Waals surface area (Å²) in [5, 5.41) is 0. The van der Waals surface area contributed by atoms with Crippen LogP contribution >= 0.6 is 31.9 Å². The third-order valence-electron chi connectivity index (χ3n) is 3.86. The van der Waals surface area contributed by atoms with Crippen molar-refractivity contribution >= 4 is 31.9 Å². The average Bonchev–Trinajstić information content (AvgIpc) is 2.89. The molecule has 20 heavy (non-hydrogen) atoms. The zero-order chi connectivity index (χ0) is 14.3. The second-order valence-electron chi connectivity index (χ2n) is 5.34. The molecular weight excluding hydrogens is 380 g/mol. The number of halogens is 2. The molecule has 0 bridgehead atoms. The monoisotopic (exact) mass is 394 g/mol. The van der Waals surface area contributed by atoms with Gasteiger partial charge in [0, 0.05) is 4.47 Å². The molecule has 0 spiro atoms. The third-order valence-corrected chi connectivity index (χ3v) is 5.73. The molecule has 0 N–H and O–H groups in total. The maximum Gasteiger partial charge on any atom is 0.0725 e. The Kier molecular flexibility index (Phi) is 4.02. The molecule has 1 aliphatic heterocycles. The molecule has 0 saturated heterocycles. The number of hydrogen-bond acceptors (Lipinski definition) is 1. The second-order valence-corrected chi connectivity index (χ2v) is 7.11. The lowest BCUT2D eigenvalue weighted by atomic mass is 9.96. The van der Waals surface area contributed by atoms with E-state index in [-0.39, 0.29) is 4.83 Å². The maximum atomic E-state index is 5.49. The van der Waals surface area contributed by atoms with Crippen LogP contribution in [0.25, 0.3) is 0 Å². The number of aryl methyl sites for hydroxylation is 2. The van der Waals surface area contributed by atoms with Crippen LogP contribution in [0.1, 0.15) is 38.2 Å². The molecule has 1 heterocycles. The van der Waals surface area contributed by atoms with Gasteiger partial charge in [-0.05, 0) is 53.3 Å². The van der Waals surface area contributed by atoms with Crippen molar-refractivity contribution in [2.75, 3.05) is 0 Å². The van der Waals surface area contributed by atoms with E-state index in [1.54, 1.807) is 0 Å². The van der Waals surface area contributed by atoms with E-state index in [0.29, 0.717) is 0 Å². The predicted octanol–water partition coefficient (Wildman–Crippen LogP) is 5.58. The van der Waals surface area contributed by atoms with Gasteiger partial charge in [0.2, 0.25) is 0 Å². The zero-order valence-corrected chi connectivity index (χ0v) is 14.7. The summed E-state index contributed by atoms with van der Waals surface area (Å²) in [6.07, 6.45) is 0. The van der Waals surface area contributed by atoms with E-state index in [0.717, 1.165) is 13.2 Å². The molecule has 2 aromatic rings. The largest absolute Gasteiger partial charge is 0.372 e. The number of rotatable bonds is 2. The van der Waals surface area contributed by atoms with Gasteiger partial charge in [0.25, 0.3) is 0 Å². The summed E-state index contributed by atoms with van der Waals surface area (Å²) in [6.45, 7) is 5.77. The quantitative estimate of drug-likeness (QED) is 0.603. The fraction of sp³-hybridized carbons (Fsp3) is 0.294. The average molecular weight is 396 g/mol. The van der Waals surface area contributed by atoms with E-state index >= 15 is 0 Å². The Balaban J connectivity index is 2.00. The van der Waals surface area contributed by atoms with E-state index in [2.05, 4.69) is 76.0 Å². The molecule has 0 aromatic heterocycles. The lowest BCUT2D eigenvalue weighted by molar-refractivity contribution is 0.134. The first kappa shape index (κ1) is 14.3. The molecule has 0 fully saturated rings. The molecule has 0 radical (unpaired) electrons. The van der Waals surface area contributed by atoms with Gasteiger partial charge in [0.05, 0.1) is 18.0 Å². The van der Waals surface area contributed by atoms with Crippen LogP contribution < -0.4 is 0 Å². The highest BCUT2D eigenvalue weighted by Gasteiger charge is 2.17. The summed E-state index contributed by atoms with van der Waals surface area (Å²) < 4.78 is 6.66. The van der Waals surface area contributed by atoms with Crippen LogP contribution in [-0.2, 0) is 18.0 Å². The lowest BCUT2D eigenvalue weighted by Gasteiger charge is -2.16. The van der Waals surface area contributed by atoms with Crippen molar-refractivity contribution in [2.24, 2.45) is 0 Å². The summed E-state index contributed by atoms with van der Waals surface area (Å²) >= 11 is 7.45. The molecule has 0 saturated carbocycles. The van der Waals surface area contributed by atoms with E-state index in [1.807, 2.05) is 0 Å². The molecular formula is C17H16Br2O. The fourth-order valence-electron chi connectivity index (χ4n) is 2.61. The predicted molar refractivity (Wildman–Crippen MR) is 89.3 cm³/mol. The van der Waals surface area contributed by atoms with Crippen LogP contribution in [0.5, 0.6) is 0 Å². The van der Waals surface area contributed by atoms with E-state index < -0.39 is 0 Å². The molecule has 1 nitrogen and oxygen atoms in total. The molecule has 1 unspecified atom stereocenters. The van der Waals surface area contributed by atoms with Gasteiger partial charge < -0.3 is 4.74 Å². The van der Waals surface area contributed by atoms with Crippen molar-refractivity contribution in [1.29, 1.82) is 0 Å². The van der Waals surface area contributed by atoms with Gasteiger partial charge >= 0.3 is 0 Å². The molecule has 3 rings (SSSR count). The van der Waals surface area contributed by atoms with Gasteiger partial charge in [-0.1, -0.05) is 56.1 Å². The molecule has 104 valence electrons. The van der Waals surface area contributed by atoms with E-state index in [4.69, 9.17) is 4.74 Å². The van der Waals surface area contributed by atoms with Crippen LogP contribution in [0.3, 0.4) is 0 Å². The molecule has 0 aliphatic carbocycles. The maximum absolute atomic E-state index is 5.49. The molecule has 1 aliphatic rings. The Morgan fingerprint density at radius 2 is 1.75 bits per heavy atom. The lowest BCUT2D eigenvalue weighted by Crippen LogP contribution is -1.98. The number of benzene rings is 2. The summed E-state index contributed by atoms with van der Waals surface area (Å²) in [4.78, 5) is 0.222. The third kappa shape index (κ3) is 2.59. The van der Waals surface area contributed by atoms with Crippen LogP contribution in [0.4, 0.5) is 0 Å². The van der Waals surface area contributed by atoms with Crippen molar-refractivity contribution in [3.05, 3.63) is 68.2 Å². The Labute approximate surface area is 136 Å². The Hall–Kier alpha value is -0.640. The van der Waals surface area contributed by atoms with Gasteiger partial charge in [-0.25, -0.2) is 0 Å². The molecule has 1 atom stereocenters. The molecule has 0 amide bonds.